The van der Waals surface area contributed by atoms with E-state index in [2.05, 4.69) is 57.2 Å². The SMILES string of the molecule is COc1nc2ccc(Br)cc2cc1C(c1ccccc1)N(CC(=O)N1CCOCC1)Cc1ccccc1. The molecule has 0 radical (unpaired) electrons. The van der Waals surface area contributed by atoms with Gasteiger partial charge in [0.15, 0.2) is 0 Å². The Morgan fingerprint density at radius 1 is 1.03 bits per heavy atom. The lowest BCUT2D eigenvalue weighted by Gasteiger charge is -2.35. The molecule has 4 aromatic rings. The minimum Gasteiger partial charge on any atom is -0.481 e. The number of amides is 1. The summed E-state index contributed by atoms with van der Waals surface area (Å²) in [7, 11) is 1.65. The monoisotopic (exact) mass is 559 g/mol. The van der Waals surface area contributed by atoms with E-state index >= 15 is 0 Å². The lowest BCUT2D eigenvalue weighted by molar-refractivity contribution is -0.137. The molecule has 0 bridgehead atoms. The van der Waals surface area contributed by atoms with Gasteiger partial charge in [-0.3, -0.25) is 9.69 Å². The molecule has 1 aromatic heterocycles. The quantitative estimate of drug-likeness (QED) is 0.287. The van der Waals surface area contributed by atoms with Crippen LogP contribution in [0.15, 0.2) is 89.4 Å². The third-order valence-electron chi connectivity index (χ3n) is 6.67. The summed E-state index contributed by atoms with van der Waals surface area (Å²) in [4.78, 5) is 22.5. The first-order valence-corrected chi connectivity index (χ1v) is 13.2. The molecule has 2 heterocycles. The van der Waals surface area contributed by atoms with Gasteiger partial charge < -0.3 is 14.4 Å². The number of benzene rings is 3. The number of fused-ring (bicyclic) bond motifs is 1. The summed E-state index contributed by atoms with van der Waals surface area (Å²) in [6.07, 6.45) is 0. The van der Waals surface area contributed by atoms with Crippen LogP contribution >= 0.6 is 15.9 Å². The van der Waals surface area contributed by atoms with Crippen LogP contribution in [0.5, 0.6) is 5.88 Å². The highest BCUT2D eigenvalue weighted by atomic mass is 79.9. The number of halogens is 1. The smallest absolute Gasteiger partial charge is 0.236 e. The average Bonchev–Trinajstić information content (AvgIpc) is 2.94. The number of morpholine rings is 1. The summed E-state index contributed by atoms with van der Waals surface area (Å²) in [6.45, 7) is 3.23. The number of rotatable bonds is 8. The largest absolute Gasteiger partial charge is 0.481 e. The van der Waals surface area contributed by atoms with Gasteiger partial charge in [0.2, 0.25) is 11.8 Å². The van der Waals surface area contributed by atoms with Crippen molar-refractivity contribution >= 4 is 32.7 Å². The molecule has 0 spiro atoms. The molecule has 1 saturated heterocycles. The number of aromatic nitrogens is 1. The molecule has 1 aliphatic rings. The van der Waals surface area contributed by atoms with Crippen molar-refractivity contribution in [3.8, 4) is 5.88 Å². The molecule has 0 aliphatic carbocycles. The van der Waals surface area contributed by atoms with Crippen LogP contribution in [-0.4, -0.2) is 60.6 Å². The number of nitrogens with zero attached hydrogens (tertiary/aromatic N) is 3. The van der Waals surface area contributed by atoms with Crippen molar-refractivity contribution in [1.82, 2.24) is 14.8 Å². The van der Waals surface area contributed by atoms with Crippen molar-refractivity contribution in [1.29, 1.82) is 0 Å². The molecule has 1 unspecified atom stereocenters. The molecule has 1 amide bonds. The van der Waals surface area contributed by atoms with Crippen LogP contribution in [0.4, 0.5) is 0 Å². The maximum atomic E-state index is 13.6. The first kappa shape index (κ1) is 25.4. The van der Waals surface area contributed by atoms with E-state index in [1.807, 2.05) is 53.4 Å². The van der Waals surface area contributed by atoms with Gasteiger partial charge in [-0.2, -0.15) is 0 Å². The van der Waals surface area contributed by atoms with Crippen molar-refractivity contribution < 1.29 is 14.3 Å². The Hall–Kier alpha value is -3.26. The van der Waals surface area contributed by atoms with Gasteiger partial charge in [-0.25, -0.2) is 4.98 Å². The van der Waals surface area contributed by atoms with Gasteiger partial charge in [0, 0.05) is 35.1 Å². The van der Waals surface area contributed by atoms with Gasteiger partial charge in [0.25, 0.3) is 0 Å². The maximum absolute atomic E-state index is 13.6. The summed E-state index contributed by atoms with van der Waals surface area (Å²) in [6, 6.07) is 28.5. The second-order valence-electron chi connectivity index (χ2n) is 9.12. The first-order valence-electron chi connectivity index (χ1n) is 12.4. The van der Waals surface area contributed by atoms with Crippen LogP contribution in [-0.2, 0) is 16.1 Å². The Morgan fingerprint density at radius 3 is 2.43 bits per heavy atom. The molecule has 6 nitrogen and oxygen atoms in total. The zero-order valence-electron chi connectivity index (χ0n) is 20.8. The lowest BCUT2D eigenvalue weighted by Crippen LogP contribution is -2.46. The van der Waals surface area contributed by atoms with Gasteiger partial charge in [-0.15, -0.1) is 0 Å². The van der Waals surface area contributed by atoms with Gasteiger partial charge in [0.1, 0.15) is 0 Å². The molecule has 1 aliphatic heterocycles. The van der Waals surface area contributed by atoms with E-state index in [1.54, 1.807) is 7.11 Å². The van der Waals surface area contributed by atoms with Gasteiger partial charge in [0.05, 0.1) is 38.4 Å². The van der Waals surface area contributed by atoms with Crippen molar-refractivity contribution in [2.24, 2.45) is 0 Å². The van der Waals surface area contributed by atoms with E-state index in [0.717, 1.165) is 32.1 Å². The standard InChI is InChI=1S/C30H30BrN3O3/c1-36-30-26(19-24-18-25(31)12-13-27(24)32-30)29(23-10-6-3-7-11-23)34(20-22-8-4-2-5-9-22)21-28(35)33-14-16-37-17-15-33/h2-13,18-19,29H,14-17,20-21H2,1H3. The van der Waals surface area contributed by atoms with E-state index in [0.29, 0.717) is 38.7 Å². The fourth-order valence-electron chi connectivity index (χ4n) is 4.87. The van der Waals surface area contributed by atoms with Gasteiger partial charge in [-0.1, -0.05) is 76.6 Å². The number of hydrogen-bond acceptors (Lipinski definition) is 5. The Bertz CT molecular complexity index is 1340. The van der Waals surface area contributed by atoms with Crippen molar-refractivity contribution in [3.63, 3.8) is 0 Å². The van der Waals surface area contributed by atoms with E-state index in [9.17, 15) is 4.79 Å². The third-order valence-corrected chi connectivity index (χ3v) is 7.16. The van der Waals surface area contributed by atoms with Crippen molar-refractivity contribution in [3.05, 3.63) is 106 Å². The summed E-state index contributed by atoms with van der Waals surface area (Å²) in [5.74, 6) is 0.649. The van der Waals surface area contributed by atoms with Crippen LogP contribution in [0.25, 0.3) is 10.9 Å². The summed E-state index contributed by atoms with van der Waals surface area (Å²) in [5, 5.41) is 1.00. The zero-order valence-corrected chi connectivity index (χ0v) is 22.4. The normalized spacial score (nSPS) is 14.6. The number of methoxy groups -OCH3 is 1. The maximum Gasteiger partial charge on any atom is 0.236 e. The molecule has 3 aromatic carbocycles. The summed E-state index contributed by atoms with van der Waals surface area (Å²) in [5.41, 5.74) is 3.98. The molecule has 5 rings (SSSR count). The number of hydrogen-bond donors (Lipinski definition) is 0. The second-order valence-corrected chi connectivity index (χ2v) is 10.0. The fourth-order valence-corrected chi connectivity index (χ4v) is 5.25. The predicted octanol–water partition coefficient (Wildman–Crippen LogP) is 5.46. The first-order chi connectivity index (χ1) is 18.1. The van der Waals surface area contributed by atoms with Crippen molar-refractivity contribution in [2.45, 2.75) is 12.6 Å². The molecule has 1 fully saturated rings. The Kier molecular flexibility index (Phi) is 8.14. The average molecular weight is 560 g/mol. The van der Waals surface area contributed by atoms with E-state index in [4.69, 9.17) is 14.5 Å². The number of ether oxygens (including phenoxy) is 2. The highest BCUT2D eigenvalue weighted by Crippen LogP contribution is 2.37. The molecular weight excluding hydrogens is 530 g/mol. The highest BCUT2D eigenvalue weighted by molar-refractivity contribution is 9.10. The Balaban J connectivity index is 1.63. The van der Waals surface area contributed by atoms with E-state index < -0.39 is 0 Å². The Labute approximate surface area is 226 Å². The number of carbonyl (C=O) groups is 1. The van der Waals surface area contributed by atoms with Crippen LogP contribution in [0, 0.1) is 0 Å². The molecular formula is C30H30BrN3O3. The van der Waals surface area contributed by atoms with Gasteiger partial charge >= 0.3 is 0 Å². The molecule has 0 N–H and O–H groups in total. The molecule has 7 heteroatoms. The minimum atomic E-state index is -0.253. The lowest BCUT2D eigenvalue weighted by atomic mass is 9.95. The van der Waals surface area contributed by atoms with Crippen LogP contribution in [0.2, 0.25) is 0 Å². The van der Waals surface area contributed by atoms with Gasteiger partial charge in [-0.05, 0) is 35.4 Å². The van der Waals surface area contributed by atoms with E-state index in [1.165, 1.54) is 0 Å². The number of carbonyl (C=O) groups excluding carboxylic acids is 1. The number of pyridine rings is 1. The molecule has 0 saturated carbocycles. The third kappa shape index (κ3) is 6.01. The zero-order chi connectivity index (χ0) is 25.6. The topological polar surface area (TPSA) is 54.9 Å². The minimum absolute atomic E-state index is 0.0932. The summed E-state index contributed by atoms with van der Waals surface area (Å²) >= 11 is 3.59. The Morgan fingerprint density at radius 2 is 1.73 bits per heavy atom. The summed E-state index contributed by atoms with van der Waals surface area (Å²) < 4.78 is 12.3. The van der Waals surface area contributed by atoms with Crippen molar-refractivity contribution in [2.75, 3.05) is 40.0 Å². The second kappa shape index (κ2) is 11.9. The predicted molar refractivity (Wildman–Crippen MR) is 149 cm³/mol. The fraction of sp³-hybridized carbons (Fsp3) is 0.267. The van der Waals surface area contributed by atoms with E-state index in [-0.39, 0.29) is 18.5 Å². The molecule has 1 atom stereocenters. The van der Waals surface area contributed by atoms with Crippen LogP contribution in [0.3, 0.4) is 0 Å². The van der Waals surface area contributed by atoms with Crippen LogP contribution in [0.1, 0.15) is 22.7 Å². The molecule has 37 heavy (non-hydrogen) atoms. The molecule has 190 valence electrons. The van der Waals surface area contributed by atoms with Crippen LogP contribution < -0.4 is 4.74 Å². The highest BCUT2D eigenvalue weighted by Gasteiger charge is 2.30.